The molecule has 1 aromatic carbocycles. The Morgan fingerprint density at radius 2 is 1.93 bits per heavy atom. The van der Waals surface area contributed by atoms with E-state index < -0.39 is 0 Å². The van der Waals surface area contributed by atoms with Crippen LogP contribution in [0.5, 0.6) is 0 Å². The average Bonchev–Trinajstić information content (AvgIpc) is 3.35. The van der Waals surface area contributed by atoms with Crippen molar-refractivity contribution in [3.05, 3.63) is 59.5 Å². The van der Waals surface area contributed by atoms with Gasteiger partial charge in [0.2, 0.25) is 5.91 Å². The van der Waals surface area contributed by atoms with Crippen LogP contribution >= 0.6 is 0 Å². The van der Waals surface area contributed by atoms with Crippen LogP contribution < -0.4 is 5.32 Å². The van der Waals surface area contributed by atoms with E-state index in [1.54, 1.807) is 6.07 Å². The molecule has 2 fully saturated rings. The Kier molecular flexibility index (Phi) is 5.01. The van der Waals surface area contributed by atoms with Crippen LogP contribution in [0.3, 0.4) is 0 Å². The molecule has 5 nitrogen and oxygen atoms in total. The number of piperidine rings is 1. The van der Waals surface area contributed by atoms with Gasteiger partial charge in [-0.1, -0.05) is 31.2 Å². The molecule has 142 valence electrons. The summed E-state index contributed by atoms with van der Waals surface area (Å²) in [5.74, 6) is 0.00161. The lowest BCUT2D eigenvalue weighted by Crippen LogP contribution is -2.48. The topological polar surface area (TPSA) is 62.6 Å². The number of carbonyl (C=O) groups excluding carboxylic acids is 2. The fourth-order valence-electron chi connectivity index (χ4n) is 3.84. The number of hydrogen-bond acceptors (Lipinski definition) is 3. The summed E-state index contributed by atoms with van der Waals surface area (Å²) in [4.78, 5) is 27.4. The van der Waals surface area contributed by atoms with Crippen LogP contribution in [-0.4, -0.2) is 35.8 Å². The number of amides is 2. The van der Waals surface area contributed by atoms with Gasteiger partial charge in [-0.15, -0.1) is 0 Å². The molecular formula is C22H26N2O3. The predicted octanol–water partition coefficient (Wildman–Crippen LogP) is 3.37. The zero-order valence-electron chi connectivity index (χ0n) is 15.7. The Morgan fingerprint density at radius 1 is 1.15 bits per heavy atom. The summed E-state index contributed by atoms with van der Waals surface area (Å²) in [6.45, 7) is 3.23. The standard InChI is InChI=1S/C22H26N2O3/c1-2-15-3-5-16(6-4-15)18-11-19(21(25)23-20-7-8-20)13-24(12-18)22(26)17-9-10-27-14-17/h3-6,9-10,14,18-20H,2,7-8,11-13H2,1H3,(H,23,25)/t18-,19+/m1/s1. The molecule has 2 amide bonds. The van der Waals surface area contributed by atoms with E-state index in [4.69, 9.17) is 4.42 Å². The Morgan fingerprint density at radius 3 is 2.56 bits per heavy atom. The molecule has 0 bridgehead atoms. The fourth-order valence-corrected chi connectivity index (χ4v) is 3.84. The molecule has 1 aromatic heterocycles. The molecule has 1 aliphatic heterocycles. The third-order valence-corrected chi connectivity index (χ3v) is 5.66. The first kappa shape index (κ1) is 17.8. The zero-order valence-corrected chi connectivity index (χ0v) is 15.7. The summed E-state index contributed by atoms with van der Waals surface area (Å²) in [5, 5.41) is 3.11. The van der Waals surface area contributed by atoms with E-state index in [2.05, 4.69) is 36.5 Å². The van der Waals surface area contributed by atoms with Crippen LogP contribution in [0.25, 0.3) is 0 Å². The molecule has 0 radical (unpaired) electrons. The first-order chi connectivity index (χ1) is 13.1. The number of furan rings is 1. The molecule has 4 rings (SSSR count). The zero-order chi connectivity index (χ0) is 18.8. The molecule has 1 saturated carbocycles. The van der Waals surface area contributed by atoms with Crippen molar-refractivity contribution in [3.8, 4) is 0 Å². The van der Waals surface area contributed by atoms with Gasteiger partial charge in [0, 0.05) is 25.0 Å². The Hall–Kier alpha value is -2.56. The number of aryl methyl sites for hydroxylation is 1. The highest BCUT2D eigenvalue weighted by Gasteiger charge is 2.36. The SMILES string of the molecule is CCc1ccc([C@@H]2C[C@H](C(=O)NC3CC3)CN(C(=O)c3ccoc3)C2)cc1. The van der Waals surface area contributed by atoms with Gasteiger partial charge in [0.25, 0.3) is 5.91 Å². The Bertz CT molecular complexity index is 793. The smallest absolute Gasteiger partial charge is 0.257 e. The van der Waals surface area contributed by atoms with Gasteiger partial charge in [-0.05, 0) is 42.9 Å². The van der Waals surface area contributed by atoms with Crippen LogP contribution in [0, 0.1) is 5.92 Å². The second kappa shape index (κ2) is 7.59. The van der Waals surface area contributed by atoms with Crippen molar-refractivity contribution in [1.29, 1.82) is 0 Å². The van der Waals surface area contributed by atoms with Crippen molar-refractivity contribution in [3.63, 3.8) is 0 Å². The molecule has 0 unspecified atom stereocenters. The summed E-state index contributed by atoms with van der Waals surface area (Å²) in [6, 6.07) is 10.6. The number of benzene rings is 1. The first-order valence-electron chi connectivity index (χ1n) is 9.84. The van der Waals surface area contributed by atoms with Crippen LogP contribution in [0.15, 0.2) is 47.3 Å². The van der Waals surface area contributed by atoms with Gasteiger partial charge in [-0.3, -0.25) is 9.59 Å². The average molecular weight is 366 g/mol. The minimum absolute atomic E-state index is 0.0668. The highest BCUT2D eigenvalue weighted by Crippen LogP contribution is 2.32. The van der Waals surface area contributed by atoms with Gasteiger partial charge in [-0.25, -0.2) is 0 Å². The van der Waals surface area contributed by atoms with E-state index in [1.165, 1.54) is 23.7 Å². The quantitative estimate of drug-likeness (QED) is 0.882. The van der Waals surface area contributed by atoms with Crippen LogP contribution in [0.4, 0.5) is 0 Å². The van der Waals surface area contributed by atoms with Crippen molar-refractivity contribution in [2.45, 2.75) is 44.6 Å². The summed E-state index contributed by atoms with van der Waals surface area (Å²) in [5.41, 5.74) is 3.03. The highest BCUT2D eigenvalue weighted by molar-refractivity contribution is 5.94. The van der Waals surface area contributed by atoms with Gasteiger partial charge in [0.15, 0.2) is 0 Å². The van der Waals surface area contributed by atoms with E-state index in [1.807, 2.05) is 4.90 Å². The largest absolute Gasteiger partial charge is 0.472 e. The summed E-state index contributed by atoms with van der Waals surface area (Å²) in [6.07, 6.45) is 6.90. The maximum atomic E-state index is 12.9. The minimum atomic E-state index is -0.175. The molecule has 2 heterocycles. The number of rotatable bonds is 5. The van der Waals surface area contributed by atoms with Crippen molar-refractivity contribution in [2.24, 2.45) is 5.92 Å². The summed E-state index contributed by atoms with van der Waals surface area (Å²) >= 11 is 0. The normalized spacial score (nSPS) is 22.5. The van der Waals surface area contributed by atoms with Crippen molar-refractivity contribution in [1.82, 2.24) is 10.2 Å². The molecule has 1 aliphatic carbocycles. The number of nitrogens with one attached hydrogen (secondary N) is 1. The van der Waals surface area contributed by atoms with Crippen LogP contribution in [0.1, 0.15) is 53.6 Å². The van der Waals surface area contributed by atoms with Crippen molar-refractivity contribution in [2.75, 3.05) is 13.1 Å². The summed E-state index contributed by atoms with van der Waals surface area (Å²) in [7, 11) is 0. The second-order valence-electron chi connectivity index (χ2n) is 7.73. The first-order valence-corrected chi connectivity index (χ1v) is 9.84. The second-order valence-corrected chi connectivity index (χ2v) is 7.73. The molecule has 2 aliphatic rings. The Labute approximate surface area is 159 Å². The van der Waals surface area contributed by atoms with E-state index in [9.17, 15) is 9.59 Å². The highest BCUT2D eigenvalue weighted by atomic mass is 16.3. The molecule has 2 atom stereocenters. The fraction of sp³-hybridized carbons (Fsp3) is 0.455. The van der Waals surface area contributed by atoms with E-state index in [-0.39, 0.29) is 23.7 Å². The maximum absolute atomic E-state index is 12.9. The molecule has 5 heteroatoms. The third kappa shape index (κ3) is 4.07. The summed E-state index contributed by atoms with van der Waals surface area (Å²) < 4.78 is 5.07. The molecule has 0 spiro atoms. The lowest BCUT2D eigenvalue weighted by molar-refractivity contribution is -0.126. The number of hydrogen-bond donors (Lipinski definition) is 1. The van der Waals surface area contributed by atoms with E-state index in [0.717, 1.165) is 25.7 Å². The van der Waals surface area contributed by atoms with Crippen LogP contribution in [0.2, 0.25) is 0 Å². The lowest BCUT2D eigenvalue weighted by Gasteiger charge is -2.37. The number of nitrogens with zero attached hydrogens (tertiary/aromatic N) is 1. The van der Waals surface area contributed by atoms with Gasteiger partial charge in [0.1, 0.15) is 6.26 Å². The minimum Gasteiger partial charge on any atom is -0.472 e. The molecule has 27 heavy (non-hydrogen) atoms. The monoisotopic (exact) mass is 366 g/mol. The number of carbonyl (C=O) groups is 2. The van der Waals surface area contributed by atoms with E-state index in [0.29, 0.717) is 24.7 Å². The molecular weight excluding hydrogens is 340 g/mol. The molecule has 1 saturated heterocycles. The van der Waals surface area contributed by atoms with Gasteiger partial charge in [0.05, 0.1) is 17.7 Å². The Balaban J connectivity index is 1.55. The third-order valence-electron chi connectivity index (χ3n) is 5.66. The number of likely N-dealkylation sites (tertiary alicyclic amines) is 1. The van der Waals surface area contributed by atoms with E-state index >= 15 is 0 Å². The molecule has 2 aromatic rings. The lowest BCUT2D eigenvalue weighted by atomic mass is 9.83. The molecule has 1 N–H and O–H groups in total. The van der Waals surface area contributed by atoms with Crippen molar-refractivity contribution >= 4 is 11.8 Å². The van der Waals surface area contributed by atoms with Crippen LogP contribution in [-0.2, 0) is 11.2 Å². The van der Waals surface area contributed by atoms with Crippen molar-refractivity contribution < 1.29 is 14.0 Å². The van der Waals surface area contributed by atoms with Gasteiger partial charge >= 0.3 is 0 Å². The van der Waals surface area contributed by atoms with Gasteiger partial charge in [-0.2, -0.15) is 0 Å². The predicted molar refractivity (Wildman–Crippen MR) is 102 cm³/mol. The van der Waals surface area contributed by atoms with Gasteiger partial charge < -0.3 is 14.6 Å². The maximum Gasteiger partial charge on any atom is 0.257 e.